The topological polar surface area (TPSA) is 47.0 Å². The zero-order chi connectivity index (χ0) is 12.7. The maximum Gasteiger partial charge on any atom is 0.156 e. The summed E-state index contributed by atoms with van der Waals surface area (Å²) in [6, 6.07) is 5.50. The standard InChI is InChI=1S/C14H17NO2/c1-11(2)14(17)9-8-13(16)7-6-12-5-3-4-10-15-12/h3-7,10-11H,8-9H2,1-2H3/b7-6+. The number of pyridine rings is 1. The summed E-state index contributed by atoms with van der Waals surface area (Å²) in [5, 5.41) is 0. The van der Waals surface area contributed by atoms with Crippen molar-refractivity contribution in [3.63, 3.8) is 0 Å². The molecular weight excluding hydrogens is 214 g/mol. The lowest BCUT2D eigenvalue weighted by molar-refractivity contribution is -0.124. The Labute approximate surface area is 102 Å². The van der Waals surface area contributed by atoms with E-state index in [0.717, 1.165) is 5.69 Å². The van der Waals surface area contributed by atoms with Gasteiger partial charge >= 0.3 is 0 Å². The molecule has 17 heavy (non-hydrogen) atoms. The fourth-order valence-corrected chi connectivity index (χ4v) is 1.27. The molecule has 0 aromatic carbocycles. The van der Waals surface area contributed by atoms with Crippen molar-refractivity contribution in [3.8, 4) is 0 Å². The van der Waals surface area contributed by atoms with Crippen LogP contribution in [0.1, 0.15) is 32.4 Å². The minimum atomic E-state index is -0.0374. The van der Waals surface area contributed by atoms with Crippen LogP contribution in [0.15, 0.2) is 30.5 Å². The summed E-state index contributed by atoms with van der Waals surface area (Å²) in [6.07, 6.45) is 5.42. The molecule has 0 saturated carbocycles. The Kier molecular flexibility index (Phi) is 5.27. The molecule has 0 bridgehead atoms. The molecular formula is C14H17NO2. The Balaban J connectivity index is 2.40. The molecule has 0 spiro atoms. The summed E-state index contributed by atoms with van der Waals surface area (Å²) in [5.74, 6) is 0.0943. The van der Waals surface area contributed by atoms with Gasteiger partial charge in [0.05, 0.1) is 5.69 Å². The van der Waals surface area contributed by atoms with Gasteiger partial charge in [-0.15, -0.1) is 0 Å². The number of rotatable bonds is 6. The van der Waals surface area contributed by atoms with Crippen molar-refractivity contribution < 1.29 is 9.59 Å². The Morgan fingerprint density at radius 2 is 2.06 bits per heavy atom. The number of carbonyl (C=O) groups excluding carboxylic acids is 2. The summed E-state index contributed by atoms with van der Waals surface area (Å²) in [7, 11) is 0. The van der Waals surface area contributed by atoms with Gasteiger partial charge in [-0.05, 0) is 24.3 Å². The molecule has 0 fully saturated rings. The molecule has 3 nitrogen and oxygen atoms in total. The summed E-state index contributed by atoms with van der Waals surface area (Å²) < 4.78 is 0. The van der Waals surface area contributed by atoms with Crippen molar-refractivity contribution in [2.75, 3.05) is 0 Å². The van der Waals surface area contributed by atoms with E-state index < -0.39 is 0 Å². The van der Waals surface area contributed by atoms with Crippen LogP contribution in [0.2, 0.25) is 0 Å². The lowest BCUT2D eigenvalue weighted by atomic mass is 10.0. The number of hydrogen-bond acceptors (Lipinski definition) is 3. The SMILES string of the molecule is CC(C)C(=O)CCC(=O)/C=C/c1ccccn1. The van der Waals surface area contributed by atoms with Gasteiger partial charge in [0, 0.05) is 25.0 Å². The van der Waals surface area contributed by atoms with E-state index in [4.69, 9.17) is 0 Å². The largest absolute Gasteiger partial charge is 0.299 e. The molecule has 1 heterocycles. The average Bonchev–Trinajstić information content (AvgIpc) is 2.34. The number of ketones is 2. The molecule has 1 rings (SSSR count). The van der Waals surface area contributed by atoms with E-state index in [1.165, 1.54) is 6.08 Å². The van der Waals surface area contributed by atoms with Crippen LogP contribution in [0.3, 0.4) is 0 Å². The highest BCUT2D eigenvalue weighted by Gasteiger charge is 2.08. The van der Waals surface area contributed by atoms with E-state index >= 15 is 0 Å². The molecule has 0 aliphatic carbocycles. The van der Waals surface area contributed by atoms with Gasteiger partial charge in [0.2, 0.25) is 0 Å². The Hall–Kier alpha value is -1.77. The maximum atomic E-state index is 11.5. The van der Waals surface area contributed by atoms with Gasteiger partial charge in [0.25, 0.3) is 0 Å². The van der Waals surface area contributed by atoms with Gasteiger partial charge in [-0.1, -0.05) is 19.9 Å². The molecule has 0 radical (unpaired) electrons. The summed E-state index contributed by atoms with van der Waals surface area (Å²) >= 11 is 0. The summed E-state index contributed by atoms with van der Waals surface area (Å²) in [4.78, 5) is 26.9. The molecule has 0 amide bonds. The van der Waals surface area contributed by atoms with Crippen LogP contribution in [-0.2, 0) is 9.59 Å². The van der Waals surface area contributed by atoms with E-state index in [1.54, 1.807) is 12.3 Å². The molecule has 1 aromatic heterocycles. The van der Waals surface area contributed by atoms with Crippen LogP contribution in [0.4, 0.5) is 0 Å². The number of hydrogen-bond donors (Lipinski definition) is 0. The third-order valence-corrected chi connectivity index (χ3v) is 2.39. The second kappa shape index (κ2) is 6.74. The van der Waals surface area contributed by atoms with Gasteiger partial charge in [-0.2, -0.15) is 0 Å². The lowest BCUT2D eigenvalue weighted by Crippen LogP contribution is -2.08. The second-order valence-electron chi connectivity index (χ2n) is 4.18. The first kappa shape index (κ1) is 13.3. The van der Waals surface area contributed by atoms with Crippen molar-refractivity contribution in [1.29, 1.82) is 0 Å². The minimum absolute atomic E-state index is 0.00238. The first-order valence-corrected chi connectivity index (χ1v) is 5.74. The first-order chi connectivity index (χ1) is 8.09. The van der Waals surface area contributed by atoms with E-state index in [1.807, 2.05) is 32.0 Å². The van der Waals surface area contributed by atoms with E-state index in [2.05, 4.69) is 4.98 Å². The molecule has 90 valence electrons. The number of allylic oxidation sites excluding steroid dienone is 1. The van der Waals surface area contributed by atoms with Crippen LogP contribution >= 0.6 is 0 Å². The van der Waals surface area contributed by atoms with Crippen LogP contribution in [0.5, 0.6) is 0 Å². The van der Waals surface area contributed by atoms with Crippen LogP contribution in [0.25, 0.3) is 6.08 Å². The lowest BCUT2D eigenvalue weighted by Gasteiger charge is -2.01. The fraction of sp³-hybridized carbons (Fsp3) is 0.357. The third-order valence-electron chi connectivity index (χ3n) is 2.39. The van der Waals surface area contributed by atoms with Crippen molar-refractivity contribution in [2.24, 2.45) is 5.92 Å². The molecule has 3 heteroatoms. The molecule has 0 N–H and O–H groups in total. The normalized spacial score (nSPS) is 11.0. The highest BCUT2D eigenvalue weighted by Crippen LogP contribution is 2.04. The maximum absolute atomic E-state index is 11.5. The van der Waals surface area contributed by atoms with Crippen molar-refractivity contribution in [1.82, 2.24) is 4.98 Å². The van der Waals surface area contributed by atoms with Gasteiger partial charge in [-0.25, -0.2) is 0 Å². The number of nitrogens with zero attached hydrogens (tertiary/aromatic N) is 1. The van der Waals surface area contributed by atoms with Crippen LogP contribution in [-0.4, -0.2) is 16.6 Å². The Morgan fingerprint density at radius 3 is 2.65 bits per heavy atom. The predicted molar refractivity (Wildman–Crippen MR) is 67.4 cm³/mol. The molecule has 0 saturated heterocycles. The van der Waals surface area contributed by atoms with Gasteiger partial charge in [0.1, 0.15) is 5.78 Å². The number of aromatic nitrogens is 1. The Morgan fingerprint density at radius 1 is 1.29 bits per heavy atom. The van der Waals surface area contributed by atoms with Crippen molar-refractivity contribution in [3.05, 3.63) is 36.2 Å². The summed E-state index contributed by atoms with van der Waals surface area (Å²) in [5.41, 5.74) is 0.746. The fourth-order valence-electron chi connectivity index (χ4n) is 1.27. The third kappa shape index (κ3) is 5.20. The van der Waals surface area contributed by atoms with Gasteiger partial charge in [0.15, 0.2) is 5.78 Å². The number of carbonyl (C=O) groups is 2. The van der Waals surface area contributed by atoms with Gasteiger partial charge in [-0.3, -0.25) is 14.6 Å². The number of Topliss-reactive ketones (excluding diaryl/α,β-unsaturated/α-hetero) is 1. The second-order valence-corrected chi connectivity index (χ2v) is 4.18. The van der Waals surface area contributed by atoms with E-state index in [0.29, 0.717) is 6.42 Å². The Bertz CT molecular complexity index is 407. The van der Waals surface area contributed by atoms with Crippen molar-refractivity contribution in [2.45, 2.75) is 26.7 Å². The highest BCUT2D eigenvalue weighted by atomic mass is 16.1. The quantitative estimate of drug-likeness (QED) is 0.707. The zero-order valence-electron chi connectivity index (χ0n) is 10.2. The zero-order valence-corrected chi connectivity index (χ0v) is 10.2. The molecule has 0 aliphatic rings. The van der Waals surface area contributed by atoms with Crippen LogP contribution in [0, 0.1) is 5.92 Å². The smallest absolute Gasteiger partial charge is 0.156 e. The predicted octanol–water partition coefficient (Wildman–Crippen LogP) is 2.67. The molecule has 1 aromatic rings. The highest BCUT2D eigenvalue weighted by molar-refractivity contribution is 5.95. The van der Waals surface area contributed by atoms with Gasteiger partial charge < -0.3 is 0 Å². The molecule has 0 unspecified atom stereocenters. The van der Waals surface area contributed by atoms with Crippen LogP contribution < -0.4 is 0 Å². The monoisotopic (exact) mass is 231 g/mol. The minimum Gasteiger partial charge on any atom is -0.299 e. The van der Waals surface area contributed by atoms with Crippen molar-refractivity contribution >= 4 is 17.6 Å². The van der Waals surface area contributed by atoms with E-state index in [-0.39, 0.29) is 23.9 Å². The summed E-state index contributed by atoms with van der Waals surface area (Å²) in [6.45, 7) is 3.69. The molecule has 0 aliphatic heterocycles. The first-order valence-electron chi connectivity index (χ1n) is 5.74. The molecule has 0 atom stereocenters. The van der Waals surface area contributed by atoms with E-state index in [9.17, 15) is 9.59 Å². The average molecular weight is 231 g/mol.